The zero-order chi connectivity index (χ0) is 13.8. The van der Waals surface area contributed by atoms with Gasteiger partial charge in [0.15, 0.2) is 0 Å². The maximum Gasteiger partial charge on any atom is -0.00268 e. The molecule has 0 heteroatoms. The summed E-state index contributed by atoms with van der Waals surface area (Å²) in [7, 11) is 0. The summed E-state index contributed by atoms with van der Waals surface area (Å²) in [6, 6.07) is 11.0. The van der Waals surface area contributed by atoms with E-state index in [4.69, 9.17) is 0 Å². The third-order valence-corrected chi connectivity index (χ3v) is 4.52. The van der Waals surface area contributed by atoms with E-state index < -0.39 is 0 Å². The Kier molecular flexibility index (Phi) is 5.01. The van der Waals surface area contributed by atoms with Crippen molar-refractivity contribution in [3.8, 4) is 0 Å². The first-order chi connectivity index (χ1) is 8.27. The van der Waals surface area contributed by atoms with Crippen LogP contribution in [0.2, 0.25) is 0 Å². The Bertz CT molecular complexity index is 342. The van der Waals surface area contributed by atoms with Crippen molar-refractivity contribution in [3.05, 3.63) is 35.9 Å². The highest BCUT2D eigenvalue weighted by Crippen LogP contribution is 2.45. The second kappa shape index (κ2) is 5.91. The second-order valence-corrected chi connectivity index (χ2v) is 7.23. The highest BCUT2D eigenvalue weighted by Gasteiger charge is 2.38. The van der Waals surface area contributed by atoms with Crippen molar-refractivity contribution in [1.82, 2.24) is 0 Å². The summed E-state index contributed by atoms with van der Waals surface area (Å²) in [5.41, 5.74) is 2.05. The molecule has 0 nitrogen and oxygen atoms in total. The Hall–Kier alpha value is -0.780. The van der Waals surface area contributed by atoms with Crippen molar-refractivity contribution in [1.29, 1.82) is 0 Å². The van der Waals surface area contributed by atoms with Gasteiger partial charge in [-0.25, -0.2) is 0 Å². The van der Waals surface area contributed by atoms with Crippen LogP contribution in [0, 0.1) is 11.3 Å². The largest absolute Gasteiger partial charge is 0.0628 e. The van der Waals surface area contributed by atoms with Gasteiger partial charge in [0.2, 0.25) is 0 Å². The molecule has 0 aliphatic carbocycles. The fourth-order valence-electron chi connectivity index (χ4n) is 2.62. The van der Waals surface area contributed by atoms with E-state index in [9.17, 15) is 0 Å². The number of hydrogen-bond acceptors (Lipinski definition) is 0. The van der Waals surface area contributed by atoms with Gasteiger partial charge in [-0.05, 0) is 28.7 Å². The normalized spacial score (nSPS) is 15.7. The zero-order valence-corrected chi connectivity index (χ0v) is 13.1. The van der Waals surface area contributed by atoms with Gasteiger partial charge in [-0.1, -0.05) is 84.7 Å². The summed E-state index contributed by atoms with van der Waals surface area (Å²) < 4.78 is 0. The maximum atomic E-state index is 2.43. The van der Waals surface area contributed by atoms with E-state index in [2.05, 4.69) is 71.9 Å². The van der Waals surface area contributed by atoms with Gasteiger partial charge < -0.3 is 0 Å². The molecule has 1 aromatic carbocycles. The average Bonchev–Trinajstić information content (AvgIpc) is 2.28. The fourth-order valence-corrected chi connectivity index (χ4v) is 2.62. The quantitative estimate of drug-likeness (QED) is 0.614. The highest BCUT2D eigenvalue weighted by molar-refractivity contribution is 5.26. The second-order valence-electron chi connectivity index (χ2n) is 7.23. The van der Waals surface area contributed by atoms with Crippen LogP contribution >= 0.6 is 0 Å². The van der Waals surface area contributed by atoms with Gasteiger partial charge >= 0.3 is 0 Å². The molecule has 0 bridgehead atoms. The minimum atomic E-state index is 0.267. The standard InChI is InChI=1S/C18H30/c1-15(2)11-10-14-18(6,17(3,4)5)16-12-8-7-9-13-16/h7-9,12-13,15H,10-11,14H2,1-6H3. The molecule has 0 saturated heterocycles. The SMILES string of the molecule is CC(C)CCCC(C)(c1ccccc1)C(C)(C)C. The van der Waals surface area contributed by atoms with Crippen LogP contribution in [0.3, 0.4) is 0 Å². The minimum absolute atomic E-state index is 0.267. The molecule has 1 atom stereocenters. The van der Waals surface area contributed by atoms with E-state index in [1.807, 2.05) is 0 Å². The molecular formula is C18H30. The van der Waals surface area contributed by atoms with Crippen molar-refractivity contribution in [2.45, 2.75) is 66.2 Å². The molecule has 0 aromatic heterocycles. The molecule has 1 rings (SSSR count). The lowest BCUT2D eigenvalue weighted by molar-refractivity contribution is 0.182. The van der Waals surface area contributed by atoms with E-state index in [1.165, 1.54) is 24.8 Å². The van der Waals surface area contributed by atoms with Crippen molar-refractivity contribution >= 4 is 0 Å². The Morgan fingerprint density at radius 3 is 1.94 bits per heavy atom. The summed E-state index contributed by atoms with van der Waals surface area (Å²) in [4.78, 5) is 0. The molecular weight excluding hydrogens is 216 g/mol. The van der Waals surface area contributed by atoms with E-state index in [0.717, 1.165) is 5.92 Å². The third kappa shape index (κ3) is 3.60. The molecule has 18 heavy (non-hydrogen) atoms. The molecule has 0 amide bonds. The maximum absolute atomic E-state index is 2.43. The Morgan fingerprint density at radius 1 is 0.944 bits per heavy atom. The predicted octanol–water partition coefficient (Wildman–Crippen LogP) is 5.82. The number of hydrogen-bond donors (Lipinski definition) is 0. The molecule has 0 radical (unpaired) electrons. The molecule has 0 aliphatic rings. The van der Waals surface area contributed by atoms with Crippen LogP contribution in [0.1, 0.15) is 66.4 Å². The molecule has 0 saturated carbocycles. The van der Waals surface area contributed by atoms with E-state index in [0.29, 0.717) is 5.41 Å². The molecule has 0 heterocycles. The van der Waals surface area contributed by atoms with E-state index in [1.54, 1.807) is 0 Å². The molecule has 1 unspecified atom stereocenters. The van der Waals surface area contributed by atoms with E-state index in [-0.39, 0.29) is 5.41 Å². The summed E-state index contributed by atoms with van der Waals surface area (Å²) in [5, 5.41) is 0. The van der Waals surface area contributed by atoms with Crippen LogP contribution < -0.4 is 0 Å². The van der Waals surface area contributed by atoms with Gasteiger partial charge in [0, 0.05) is 0 Å². The zero-order valence-electron chi connectivity index (χ0n) is 13.1. The monoisotopic (exact) mass is 246 g/mol. The fraction of sp³-hybridized carbons (Fsp3) is 0.667. The Balaban J connectivity index is 2.90. The van der Waals surface area contributed by atoms with Crippen LogP contribution in [-0.2, 0) is 5.41 Å². The van der Waals surface area contributed by atoms with Crippen LogP contribution in [-0.4, -0.2) is 0 Å². The van der Waals surface area contributed by atoms with E-state index >= 15 is 0 Å². The highest BCUT2D eigenvalue weighted by atomic mass is 14.4. The first-order valence-corrected chi connectivity index (χ1v) is 7.33. The van der Waals surface area contributed by atoms with Gasteiger partial charge in [-0.3, -0.25) is 0 Å². The van der Waals surface area contributed by atoms with Gasteiger partial charge in [-0.2, -0.15) is 0 Å². The molecule has 102 valence electrons. The Morgan fingerprint density at radius 2 is 1.50 bits per heavy atom. The molecule has 1 aromatic rings. The molecule has 0 N–H and O–H groups in total. The van der Waals surface area contributed by atoms with Crippen LogP contribution in [0.25, 0.3) is 0 Å². The smallest absolute Gasteiger partial charge is 0.00268 e. The van der Waals surface area contributed by atoms with Crippen molar-refractivity contribution < 1.29 is 0 Å². The van der Waals surface area contributed by atoms with Gasteiger partial charge in [0.1, 0.15) is 0 Å². The number of benzene rings is 1. The predicted molar refractivity (Wildman–Crippen MR) is 81.9 cm³/mol. The lowest BCUT2D eigenvalue weighted by atomic mass is 9.61. The average molecular weight is 246 g/mol. The Labute approximate surface area is 114 Å². The van der Waals surface area contributed by atoms with Crippen LogP contribution in [0.15, 0.2) is 30.3 Å². The first-order valence-electron chi connectivity index (χ1n) is 7.33. The number of rotatable bonds is 5. The van der Waals surface area contributed by atoms with Crippen molar-refractivity contribution in [2.24, 2.45) is 11.3 Å². The summed E-state index contributed by atoms with van der Waals surface area (Å²) in [6.07, 6.45) is 3.93. The lowest BCUT2D eigenvalue weighted by Gasteiger charge is -2.43. The summed E-state index contributed by atoms with van der Waals surface area (Å²) in [5.74, 6) is 0.810. The van der Waals surface area contributed by atoms with Gasteiger partial charge in [0.25, 0.3) is 0 Å². The van der Waals surface area contributed by atoms with Gasteiger partial charge in [0.05, 0.1) is 0 Å². The van der Waals surface area contributed by atoms with Crippen LogP contribution in [0.4, 0.5) is 0 Å². The van der Waals surface area contributed by atoms with Gasteiger partial charge in [-0.15, -0.1) is 0 Å². The first kappa shape index (κ1) is 15.3. The lowest BCUT2D eigenvalue weighted by Crippen LogP contribution is -2.37. The topological polar surface area (TPSA) is 0 Å². The molecule has 0 fully saturated rings. The van der Waals surface area contributed by atoms with Crippen molar-refractivity contribution in [2.75, 3.05) is 0 Å². The molecule has 0 aliphatic heterocycles. The molecule has 0 spiro atoms. The third-order valence-electron chi connectivity index (χ3n) is 4.52. The van der Waals surface area contributed by atoms with Crippen molar-refractivity contribution in [3.63, 3.8) is 0 Å². The van der Waals surface area contributed by atoms with Crippen LogP contribution in [0.5, 0.6) is 0 Å². The summed E-state index contributed by atoms with van der Waals surface area (Å²) >= 11 is 0. The summed E-state index contributed by atoms with van der Waals surface area (Å²) in [6.45, 7) is 14.2. The minimum Gasteiger partial charge on any atom is -0.0628 e.